The van der Waals surface area contributed by atoms with Crippen molar-refractivity contribution in [3.8, 4) is 5.75 Å². The number of ether oxygens (including phenoxy) is 1. The molecule has 0 aromatic heterocycles. The van der Waals surface area contributed by atoms with Gasteiger partial charge in [0.15, 0.2) is 5.78 Å². The summed E-state index contributed by atoms with van der Waals surface area (Å²) < 4.78 is 5.76. The van der Waals surface area contributed by atoms with E-state index >= 15 is 0 Å². The Morgan fingerprint density at radius 1 is 0.938 bits per heavy atom. The van der Waals surface area contributed by atoms with Crippen molar-refractivity contribution in [2.75, 3.05) is 6.54 Å². The number of rotatable bonds is 7. The Morgan fingerprint density at radius 3 is 2.31 bits per heavy atom. The molecule has 0 saturated carbocycles. The predicted molar refractivity (Wildman–Crippen MR) is 126 cm³/mol. The van der Waals surface area contributed by atoms with E-state index < -0.39 is 11.1 Å². The number of thioether (sulfide) groups is 1. The maximum absolute atomic E-state index is 12.7. The second-order valence-corrected chi connectivity index (χ2v) is 8.47. The summed E-state index contributed by atoms with van der Waals surface area (Å²) in [4.78, 5) is 38.7. The maximum atomic E-state index is 12.7. The summed E-state index contributed by atoms with van der Waals surface area (Å²) in [5, 5.41) is 0.0403. The molecule has 4 rings (SSSR count). The first kappa shape index (κ1) is 21.9. The van der Waals surface area contributed by atoms with Crippen LogP contribution in [0.3, 0.4) is 0 Å². The molecule has 0 atom stereocenters. The van der Waals surface area contributed by atoms with E-state index in [1.165, 1.54) is 0 Å². The van der Waals surface area contributed by atoms with Crippen molar-refractivity contribution in [3.05, 3.63) is 105 Å². The van der Waals surface area contributed by atoms with Crippen molar-refractivity contribution in [1.82, 2.24) is 4.90 Å². The molecule has 32 heavy (non-hydrogen) atoms. The number of benzene rings is 3. The minimum absolute atomic E-state index is 0.275. The van der Waals surface area contributed by atoms with Crippen LogP contribution < -0.4 is 4.74 Å². The Balaban J connectivity index is 1.39. The topological polar surface area (TPSA) is 63.7 Å². The first-order valence-corrected chi connectivity index (χ1v) is 11.0. The average Bonchev–Trinajstić information content (AvgIpc) is 3.07. The second-order valence-electron chi connectivity index (χ2n) is 7.04. The van der Waals surface area contributed by atoms with Crippen LogP contribution in [0.4, 0.5) is 4.79 Å². The molecule has 160 valence electrons. The zero-order valence-corrected chi connectivity index (χ0v) is 18.4. The van der Waals surface area contributed by atoms with Crippen molar-refractivity contribution in [2.45, 2.75) is 6.61 Å². The van der Waals surface area contributed by atoms with Gasteiger partial charge in [0.2, 0.25) is 0 Å². The van der Waals surface area contributed by atoms with E-state index in [2.05, 4.69) is 0 Å². The Hall–Kier alpha value is -3.35. The Morgan fingerprint density at radius 2 is 1.62 bits per heavy atom. The fraction of sp³-hybridized carbons (Fsp3) is 0.0800. The smallest absolute Gasteiger partial charge is 0.293 e. The van der Waals surface area contributed by atoms with E-state index in [-0.39, 0.29) is 17.2 Å². The molecule has 5 nitrogen and oxygen atoms in total. The molecule has 3 aromatic carbocycles. The molecule has 0 unspecified atom stereocenters. The molecule has 1 aliphatic rings. The number of carbonyl (C=O) groups excluding carboxylic acids is 3. The highest BCUT2D eigenvalue weighted by atomic mass is 35.5. The van der Waals surface area contributed by atoms with Crippen molar-refractivity contribution < 1.29 is 19.1 Å². The number of hydrogen-bond acceptors (Lipinski definition) is 5. The molecule has 2 amide bonds. The van der Waals surface area contributed by atoms with E-state index in [4.69, 9.17) is 16.3 Å². The SMILES string of the molecule is O=C(CN1C(=O)S/C(=C/c2ccc(OCc3ccccc3)cc2)C1=O)c1ccc(Cl)cc1. The molecular formula is C25H18ClNO4S. The Labute approximate surface area is 194 Å². The first-order valence-electron chi connectivity index (χ1n) is 9.80. The van der Waals surface area contributed by atoms with Crippen LogP contribution in [-0.2, 0) is 11.4 Å². The van der Waals surface area contributed by atoms with Crippen LogP contribution in [0.25, 0.3) is 6.08 Å². The summed E-state index contributed by atoms with van der Waals surface area (Å²) in [5.41, 5.74) is 2.22. The summed E-state index contributed by atoms with van der Waals surface area (Å²) in [7, 11) is 0. The highest BCUT2D eigenvalue weighted by Crippen LogP contribution is 2.32. The zero-order chi connectivity index (χ0) is 22.5. The lowest BCUT2D eigenvalue weighted by atomic mass is 10.1. The van der Waals surface area contributed by atoms with Gasteiger partial charge in [-0.2, -0.15) is 0 Å². The van der Waals surface area contributed by atoms with E-state index in [1.807, 2.05) is 54.6 Å². The van der Waals surface area contributed by atoms with Crippen LogP contribution in [0, 0.1) is 0 Å². The average molecular weight is 464 g/mol. The molecule has 0 bridgehead atoms. The fourth-order valence-electron chi connectivity index (χ4n) is 3.06. The molecule has 0 spiro atoms. The van der Waals surface area contributed by atoms with Gasteiger partial charge < -0.3 is 4.74 Å². The highest BCUT2D eigenvalue weighted by Gasteiger charge is 2.36. The summed E-state index contributed by atoms with van der Waals surface area (Å²) >= 11 is 6.66. The van der Waals surface area contributed by atoms with Crippen LogP contribution in [0.15, 0.2) is 83.8 Å². The molecule has 0 aliphatic carbocycles. The molecule has 1 heterocycles. The van der Waals surface area contributed by atoms with Gasteiger partial charge in [-0.3, -0.25) is 19.3 Å². The van der Waals surface area contributed by atoms with E-state index in [9.17, 15) is 14.4 Å². The summed E-state index contributed by atoms with van der Waals surface area (Å²) in [6, 6.07) is 23.4. The van der Waals surface area contributed by atoms with Gasteiger partial charge in [-0.25, -0.2) is 0 Å². The summed E-state index contributed by atoms with van der Waals surface area (Å²) in [5.74, 6) is -0.107. The van der Waals surface area contributed by atoms with Gasteiger partial charge in [0.25, 0.3) is 11.1 Å². The van der Waals surface area contributed by atoms with Crippen LogP contribution in [-0.4, -0.2) is 28.4 Å². The number of amides is 2. The van der Waals surface area contributed by atoms with Crippen LogP contribution in [0.2, 0.25) is 5.02 Å². The Kier molecular flexibility index (Phi) is 6.73. The number of hydrogen-bond donors (Lipinski definition) is 0. The van der Waals surface area contributed by atoms with Gasteiger partial charge in [-0.15, -0.1) is 0 Å². The third kappa shape index (κ3) is 5.28. The van der Waals surface area contributed by atoms with E-state index in [0.717, 1.165) is 27.8 Å². The molecular weight excluding hydrogens is 446 g/mol. The normalized spacial score (nSPS) is 14.8. The van der Waals surface area contributed by atoms with Crippen LogP contribution >= 0.6 is 23.4 Å². The number of Topliss-reactive ketones (excluding diaryl/α,β-unsaturated/α-hetero) is 1. The largest absolute Gasteiger partial charge is 0.489 e. The van der Waals surface area contributed by atoms with Crippen molar-refractivity contribution in [2.24, 2.45) is 0 Å². The minimum Gasteiger partial charge on any atom is -0.489 e. The summed E-state index contributed by atoms with van der Waals surface area (Å²) in [6.45, 7) is 0.149. The molecule has 1 saturated heterocycles. The van der Waals surface area contributed by atoms with Gasteiger partial charge in [0, 0.05) is 10.6 Å². The van der Waals surface area contributed by atoms with Gasteiger partial charge in [-0.05, 0) is 65.4 Å². The van der Waals surface area contributed by atoms with Crippen molar-refractivity contribution in [3.63, 3.8) is 0 Å². The standard InChI is InChI=1S/C25H18ClNO4S/c26-20-10-8-19(9-11-20)22(28)15-27-24(29)23(32-25(27)30)14-17-6-12-21(13-7-17)31-16-18-4-2-1-3-5-18/h1-14H,15-16H2/b23-14+. The maximum Gasteiger partial charge on any atom is 0.293 e. The fourth-order valence-corrected chi connectivity index (χ4v) is 4.02. The molecule has 7 heteroatoms. The molecule has 0 radical (unpaired) electrons. The number of nitrogens with zero attached hydrogens (tertiary/aromatic N) is 1. The molecule has 0 N–H and O–H groups in total. The number of halogens is 1. The number of imide groups is 1. The van der Waals surface area contributed by atoms with Gasteiger partial charge in [-0.1, -0.05) is 54.1 Å². The van der Waals surface area contributed by atoms with E-state index in [0.29, 0.717) is 22.9 Å². The first-order chi connectivity index (χ1) is 15.5. The lowest BCUT2D eigenvalue weighted by Crippen LogP contribution is -2.33. The van der Waals surface area contributed by atoms with Gasteiger partial charge in [0.1, 0.15) is 12.4 Å². The van der Waals surface area contributed by atoms with E-state index in [1.54, 1.807) is 30.3 Å². The predicted octanol–water partition coefficient (Wildman–Crippen LogP) is 5.84. The second kappa shape index (κ2) is 9.85. The highest BCUT2D eigenvalue weighted by molar-refractivity contribution is 8.18. The monoisotopic (exact) mass is 463 g/mol. The molecule has 3 aromatic rings. The Bertz CT molecular complexity index is 1170. The van der Waals surface area contributed by atoms with Crippen molar-refractivity contribution in [1.29, 1.82) is 0 Å². The number of ketones is 1. The third-order valence-corrected chi connectivity index (χ3v) is 5.93. The van der Waals surface area contributed by atoms with Gasteiger partial charge in [0.05, 0.1) is 11.4 Å². The third-order valence-electron chi connectivity index (χ3n) is 4.77. The van der Waals surface area contributed by atoms with Crippen molar-refractivity contribution >= 4 is 46.4 Å². The lowest BCUT2D eigenvalue weighted by molar-refractivity contribution is -0.122. The van der Waals surface area contributed by atoms with Crippen LogP contribution in [0.5, 0.6) is 5.75 Å². The molecule has 1 aliphatic heterocycles. The quantitative estimate of drug-likeness (QED) is 0.325. The lowest BCUT2D eigenvalue weighted by Gasteiger charge is -2.11. The zero-order valence-electron chi connectivity index (χ0n) is 16.9. The minimum atomic E-state index is -0.480. The number of carbonyl (C=O) groups is 3. The summed E-state index contributed by atoms with van der Waals surface area (Å²) in [6.07, 6.45) is 1.64. The van der Waals surface area contributed by atoms with Gasteiger partial charge >= 0.3 is 0 Å². The molecule has 1 fully saturated rings. The van der Waals surface area contributed by atoms with Crippen LogP contribution in [0.1, 0.15) is 21.5 Å².